The Hall–Kier alpha value is -8.14. The third-order valence-corrected chi connectivity index (χ3v) is 12.6. The van der Waals surface area contributed by atoms with Gasteiger partial charge >= 0.3 is 0 Å². The Balaban J connectivity index is 1.13. The number of hydrogen-bond donors (Lipinski definition) is 0. The lowest BCUT2D eigenvalue weighted by Crippen LogP contribution is -2.10. The summed E-state index contributed by atoms with van der Waals surface area (Å²) in [6.45, 7) is 0. The summed E-state index contributed by atoms with van der Waals surface area (Å²) in [5, 5.41) is 14.1. The lowest BCUT2D eigenvalue weighted by Gasteiger charge is -2.27. The van der Waals surface area contributed by atoms with E-state index in [2.05, 4.69) is 199 Å². The summed E-state index contributed by atoms with van der Waals surface area (Å²) < 4.78 is 13.5. The molecule has 2 aromatic heterocycles. The van der Waals surface area contributed by atoms with Crippen LogP contribution in [0.2, 0.25) is 0 Å². The van der Waals surface area contributed by atoms with Gasteiger partial charge in [-0.25, -0.2) is 0 Å². The smallest absolute Gasteiger partial charge is 0.143 e. The van der Waals surface area contributed by atoms with Crippen molar-refractivity contribution >= 4 is 104 Å². The second-order valence-electron chi connectivity index (χ2n) is 16.0. The van der Waals surface area contributed by atoms with E-state index in [1.165, 1.54) is 54.2 Å². The molecule has 2 heterocycles. The van der Waals surface area contributed by atoms with E-state index < -0.39 is 0 Å². The van der Waals surface area contributed by atoms with E-state index in [-0.39, 0.29) is 0 Å². The van der Waals surface area contributed by atoms with Crippen LogP contribution < -0.4 is 4.90 Å². The van der Waals surface area contributed by atoms with Crippen molar-refractivity contribution in [2.75, 3.05) is 4.90 Å². The molecule has 0 aliphatic rings. The van der Waals surface area contributed by atoms with E-state index in [9.17, 15) is 0 Å². The highest BCUT2D eigenvalue weighted by molar-refractivity contribution is 6.28. The van der Waals surface area contributed by atoms with Crippen molar-refractivity contribution in [3.05, 3.63) is 212 Å². The third kappa shape index (κ3) is 5.24. The first kappa shape index (κ1) is 33.8. The van der Waals surface area contributed by atoms with Gasteiger partial charge in [0, 0.05) is 44.2 Å². The standard InChI is InChI=1S/C58H35NO2/c1-2-12-36(13-3-1)38-22-26-41(27-23-38)59(42-28-24-37-14-4-5-15-39(37)32-42)43-34-50(40-25-29-48-46-18-7-6-16-44(46)45-17-8-9-19-47(45)51(48)33-40)58-52(35-43)57-55(61-58)31-30-54-56(57)49-20-10-11-21-53(49)60-54/h1-35H. The number of nitrogens with zero attached hydrogens (tertiary/aromatic N) is 1. The zero-order valence-corrected chi connectivity index (χ0v) is 33.0. The van der Waals surface area contributed by atoms with Crippen molar-refractivity contribution in [2.24, 2.45) is 0 Å². The van der Waals surface area contributed by atoms with Gasteiger partial charge < -0.3 is 13.7 Å². The maximum Gasteiger partial charge on any atom is 0.143 e. The molecule has 0 aliphatic heterocycles. The highest BCUT2D eigenvalue weighted by Gasteiger charge is 2.23. The Morgan fingerprint density at radius 2 is 0.836 bits per heavy atom. The summed E-state index contributed by atoms with van der Waals surface area (Å²) >= 11 is 0. The zero-order chi connectivity index (χ0) is 40.0. The Labute approximate surface area is 350 Å². The molecule has 0 radical (unpaired) electrons. The topological polar surface area (TPSA) is 29.5 Å². The number of benzene rings is 11. The van der Waals surface area contributed by atoms with Crippen LogP contribution in [0.3, 0.4) is 0 Å². The molecule has 13 aromatic rings. The van der Waals surface area contributed by atoms with E-state index in [4.69, 9.17) is 8.83 Å². The quantitative estimate of drug-likeness (QED) is 0.163. The van der Waals surface area contributed by atoms with Gasteiger partial charge in [-0.3, -0.25) is 0 Å². The maximum absolute atomic E-state index is 7.04. The number of hydrogen-bond acceptors (Lipinski definition) is 3. The highest BCUT2D eigenvalue weighted by Crippen LogP contribution is 2.48. The van der Waals surface area contributed by atoms with Crippen molar-refractivity contribution in [1.82, 2.24) is 0 Å². The molecule has 0 aliphatic carbocycles. The molecule has 0 spiro atoms. The maximum atomic E-state index is 7.04. The van der Waals surface area contributed by atoms with E-state index >= 15 is 0 Å². The van der Waals surface area contributed by atoms with Gasteiger partial charge in [0.15, 0.2) is 0 Å². The molecule has 3 heteroatoms. The number of anilines is 3. The molecule has 0 saturated carbocycles. The lowest BCUT2D eigenvalue weighted by molar-refractivity contribution is 0.663. The third-order valence-electron chi connectivity index (χ3n) is 12.6. The molecule has 284 valence electrons. The number of para-hydroxylation sites is 1. The molecule has 13 rings (SSSR count). The van der Waals surface area contributed by atoms with Crippen LogP contribution in [0.1, 0.15) is 0 Å². The van der Waals surface area contributed by atoms with E-state index in [0.717, 1.165) is 72.1 Å². The predicted molar refractivity (Wildman–Crippen MR) is 257 cm³/mol. The van der Waals surface area contributed by atoms with Gasteiger partial charge in [-0.2, -0.15) is 0 Å². The molecule has 0 bridgehead atoms. The minimum Gasteiger partial charge on any atom is -0.456 e. The van der Waals surface area contributed by atoms with Gasteiger partial charge in [0.2, 0.25) is 0 Å². The van der Waals surface area contributed by atoms with Crippen molar-refractivity contribution in [2.45, 2.75) is 0 Å². The highest BCUT2D eigenvalue weighted by atomic mass is 16.3. The molecule has 61 heavy (non-hydrogen) atoms. The minimum atomic E-state index is 0.828. The molecular formula is C58H35NO2. The monoisotopic (exact) mass is 777 g/mol. The molecule has 0 N–H and O–H groups in total. The van der Waals surface area contributed by atoms with Crippen LogP contribution in [0, 0.1) is 0 Å². The van der Waals surface area contributed by atoms with Crippen LogP contribution >= 0.6 is 0 Å². The van der Waals surface area contributed by atoms with E-state index in [0.29, 0.717) is 0 Å². The summed E-state index contributed by atoms with van der Waals surface area (Å²) in [6, 6.07) is 76.4. The van der Waals surface area contributed by atoms with Crippen molar-refractivity contribution in [3.63, 3.8) is 0 Å². The summed E-state index contributed by atoms with van der Waals surface area (Å²) in [5.41, 5.74) is 11.0. The molecule has 0 fully saturated rings. The summed E-state index contributed by atoms with van der Waals surface area (Å²) in [5.74, 6) is 0. The van der Waals surface area contributed by atoms with Gasteiger partial charge in [0.1, 0.15) is 22.3 Å². The first-order chi connectivity index (χ1) is 30.2. The predicted octanol–water partition coefficient (Wildman–Crippen LogP) is 16.9. The van der Waals surface area contributed by atoms with Crippen LogP contribution in [0.15, 0.2) is 221 Å². The Kier molecular flexibility index (Phi) is 7.31. The first-order valence-electron chi connectivity index (χ1n) is 20.8. The second kappa shape index (κ2) is 13.2. The minimum absolute atomic E-state index is 0.828. The van der Waals surface area contributed by atoms with Gasteiger partial charge in [0.25, 0.3) is 0 Å². The Bertz CT molecular complexity index is 3840. The fourth-order valence-corrected chi connectivity index (χ4v) is 9.78. The van der Waals surface area contributed by atoms with Gasteiger partial charge in [0.05, 0.1) is 0 Å². The number of furan rings is 2. The summed E-state index contributed by atoms with van der Waals surface area (Å²) in [7, 11) is 0. The normalized spacial score (nSPS) is 11.9. The summed E-state index contributed by atoms with van der Waals surface area (Å²) in [4.78, 5) is 2.39. The number of fused-ring (bicyclic) bond motifs is 14. The molecule has 3 nitrogen and oxygen atoms in total. The zero-order valence-electron chi connectivity index (χ0n) is 33.0. The second-order valence-corrected chi connectivity index (χ2v) is 16.0. The Morgan fingerprint density at radius 3 is 1.59 bits per heavy atom. The fraction of sp³-hybridized carbons (Fsp3) is 0. The first-order valence-corrected chi connectivity index (χ1v) is 20.8. The van der Waals surface area contributed by atoms with Gasteiger partial charge in [-0.15, -0.1) is 0 Å². The van der Waals surface area contributed by atoms with E-state index in [1.807, 2.05) is 18.2 Å². The van der Waals surface area contributed by atoms with Crippen LogP contribution in [0.5, 0.6) is 0 Å². The summed E-state index contributed by atoms with van der Waals surface area (Å²) in [6.07, 6.45) is 0. The molecule has 0 atom stereocenters. The number of rotatable bonds is 5. The van der Waals surface area contributed by atoms with Crippen molar-refractivity contribution in [3.8, 4) is 22.3 Å². The van der Waals surface area contributed by atoms with Crippen LogP contribution in [0.25, 0.3) is 109 Å². The Morgan fingerprint density at radius 1 is 0.279 bits per heavy atom. The van der Waals surface area contributed by atoms with Crippen molar-refractivity contribution in [1.29, 1.82) is 0 Å². The molecule has 0 amide bonds. The van der Waals surface area contributed by atoms with Crippen LogP contribution in [0.4, 0.5) is 17.1 Å². The van der Waals surface area contributed by atoms with Crippen LogP contribution in [-0.4, -0.2) is 0 Å². The average molecular weight is 778 g/mol. The molecule has 0 unspecified atom stereocenters. The molecule has 11 aromatic carbocycles. The van der Waals surface area contributed by atoms with E-state index in [1.54, 1.807) is 0 Å². The lowest BCUT2D eigenvalue weighted by atomic mass is 9.91. The average Bonchev–Trinajstić information content (AvgIpc) is 3.90. The largest absolute Gasteiger partial charge is 0.456 e. The SMILES string of the molecule is c1ccc(-c2ccc(N(c3ccc4ccccc4c3)c3cc(-c4ccc5c6ccccc6c6ccccc6c5c4)c4oc5ccc6oc7ccccc7c6c5c4c3)cc2)cc1. The molecule has 0 saturated heterocycles. The molecular weight excluding hydrogens is 743 g/mol. The van der Waals surface area contributed by atoms with Gasteiger partial charge in [-0.05, 0) is 120 Å². The van der Waals surface area contributed by atoms with Gasteiger partial charge in [-0.1, -0.05) is 152 Å². The fourth-order valence-electron chi connectivity index (χ4n) is 9.78. The van der Waals surface area contributed by atoms with Crippen LogP contribution in [-0.2, 0) is 0 Å². The van der Waals surface area contributed by atoms with Crippen molar-refractivity contribution < 1.29 is 8.83 Å².